The molecule has 0 spiro atoms. The van der Waals surface area contributed by atoms with Gasteiger partial charge in [-0.1, -0.05) is 45.4 Å². The molecular weight excluding hydrogens is 238 g/mol. The van der Waals surface area contributed by atoms with Gasteiger partial charge in [0.25, 0.3) is 0 Å². The van der Waals surface area contributed by atoms with E-state index in [4.69, 9.17) is 5.73 Å². The van der Waals surface area contributed by atoms with Gasteiger partial charge in [0, 0.05) is 6.42 Å². The van der Waals surface area contributed by atoms with E-state index in [1.165, 1.54) is 51.3 Å². The zero-order valence-corrected chi connectivity index (χ0v) is 11.7. The predicted molar refractivity (Wildman–Crippen MR) is 77.8 cm³/mol. The number of hydrogen-bond donors (Lipinski definition) is 2. The Morgan fingerprint density at radius 3 is 2.53 bits per heavy atom. The number of nitrogens with one attached hydrogen (secondary N) is 1. The molecule has 0 radical (unpaired) electrons. The van der Waals surface area contributed by atoms with E-state index in [2.05, 4.69) is 26.9 Å². The van der Waals surface area contributed by atoms with Gasteiger partial charge in [-0.25, -0.2) is 15.0 Å². The number of unbranched alkanes of at least 4 members (excludes halogenated alkanes) is 6. The summed E-state index contributed by atoms with van der Waals surface area (Å²) in [4.78, 5) is 15.7. The van der Waals surface area contributed by atoms with Crippen LogP contribution in [-0.2, 0) is 6.42 Å². The van der Waals surface area contributed by atoms with Gasteiger partial charge in [-0.3, -0.25) is 0 Å². The Labute approximate surface area is 114 Å². The highest BCUT2D eigenvalue weighted by Crippen LogP contribution is 2.15. The summed E-state index contributed by atoms with van der Waals surface area (Å²) in [6.45, 7) is 2.25. The van der Waals surface area contributed by atoms with Crippen LogP contribution in [0.25, 0.3) is 11.2 Å². The number of H-pyrrole nitrogens is 1. The van der Waals surface area contributed by atoms with Crippen molar-refractivity contribution in [3.63, 3.8) is 0 Å². The summed E-state index contributed by atoms with van der Waals surface area (Å²) in [5, 5.41) is 0. The van der Waals surface area contributed by atoms with Gasteiger partial charge in [0.15, 0.2) is 11.5 Å². The zero-order chi connectivity index (χ0) is 13.5. The quantitative estimate of drug-likeness (QED) is 0.715. The number of hydrogen-bond acceptors (Lipinski definition) is 4. The first-order valence-electron chi connectivity index (χ1n) is 7.26. The number of fused-ring (bicyclic) bond motifs is 1. The van der Waals surface area contributed by atoms with Gasteiger partial charge in [-0.05, 0) is 6.42 Å². The lowest BCUT2D eigenvalue weighted by Crippen LogP contribution is -1.92. The van der Waals surface area contributed by atoms with Crippen molar-refractivity contribution in [3.05, 3.63) is 12.2 Å². The summed E-state index contributed by atoms with van der Waals surface area (Å²) in [6.07, 6.45) is 11.6. The van der Waals surface area contributed by atoms with Crippen LogP contribution in [0, 0.1) is 0 Å². The van der Waals surface area contributed by atoms with E-state index in [9.17, 15) is 0 Å². The van der Waals surface area contributed by atoms with Crippen LogP contribution < -0.4 is 5.73 Å². The fraction of sp³-hybridized carbons (Fsp3) is 0.643. The summed E-state index contributed by atoms with van der Waals surface area (Å²) in [7, 11) is 0. The highest BCUT2D eigenvalue weighted by molar-refractivity contribution is 5.80. The van der Waals surface area contributed by atoms with E-state index < -0.39 is 0 Å². The number of aromatic amines is 1. The molecular formula is C14H23N5. The van der Waals surface area contributed by atoms with E-state index in [1.54, 1.807) is 0 Å². The van der Waals surface area contributed by atoms with Crippen molar-refractivity contribution in [3.8, 4) is 0 Å². The smallest absolute Gasteiger partial charge is 0.183 e. The molecule has 2 aromatic rings. The first-order valence-corrected chi connectivity index (χ1v) is 7.26. The number of nitrogens with two attached hydrogens (primary N) is 1. The molecule has 0 saturated heterocycles. The number of anilines is 1. The number of aryl methyl sites for hydroxylation is 1. The third-order valence-corrected chi connectivity index (χ3v) is 3.38. The van der Waals surface area contributed by atoms with Gasteiger partial charge in [0.2, 0.25) is 0 Å². The molecule has 104 valence electrons. The predicted octanol–water partition coefficient (Wildman–Crippen LogP) is 3.23. The second-order valence-corrected chi connectivity index (χ2v) is 5.01. The Bertz CT molecular complexity index is 506. The molecule has 0 unspecified atom stereocenters. The molecule has 0 bridgehead atoms. The first-order chi connectivity index (χ1) is 9.31. The molecule has 3 N–H and O–H groups in total. The van der Waals surface area contributed by atoms with Crippen LogP contribution in [0.5, 0.6) is 0 Å². The summed E-state index contributed by atoms with van der Waals surface area (Å²) < 4.78 is 0. The first kappa shape index (κ1) is 13.8. The lowest BCUT2D eigenvalue weighted by Gasteiger charge is -1.99. The van der Waals surface area contributed by atoms with Crippen molar-refractivity contribution in [2.45, 2.75) is 58.3 Å². The maximum atomic E-state index is 5.77. The molecule has 0 fully saturated rings. The Morgan fingerprint density at radius 1 is 1.05 bits per heavy atom. The van der Waals surface area contributed by atoms with E-state index in [0.717, 1.165) is 17.8 Å². The summed E-state index contributed by atoms with van der Waals surface area (Å²) in [5.41, 5.74) is 7.21. The molecule has 2 rings (SSSR count). The van der Waals surface area contributed by atoms with Gasteiger partial charge in [0.05, 0.1) is 0 Å². The van der Waals surface area contributed by atoms with Gasteiger partial charge < -0.3 is 10.7 Å². The van der Waals surface area contributed by atoms with Gasteiger partial charge >= 0.3 is 0 Å². The second-order valence-electron chi connectivity index (χ2n) is 5.01. The molecule has 5 nitrogen and oxygen atoms in total. The average molecular weight is 261 g/mol. The van der Waals surface area contributed by atoms with Gasteiger partial charge in [-0.15, -0.1) is 0 Å². The minimum absolute atomic E-state index is 0.475. The van der Waals surface area contributed by atoms with Crippen LogP contribution in [-0.4, -0.2) is 19.9 Å². The van der Waals surface area contributed by atoms with Crippen molar-refractivity contribution >= 4 is 17.0 Å². The molecule has 19 heavy (non-hydrogen) atoms. The fourth-order valence-electron chi connectivity index (χ4n) is 2.26. The van der Waals surface area contributed by atoms with Gasteiger partial charge in [0.1, 0.15) is 17.7 Å². The van der Waals surface area contributed by atoms with E-state index in [0.29, 0.717) is 11.5 Å². The monoisotopic (exact) mass is 261 g/mol. The standard InChI is InChI=1S/C14H23N5/c1-2-3-4-5-6-7-8-9-11-18-12-13(15)16-10-17-14(12)19-11/h10H,2-9H2,1H3,(H3,15,16,17,18,19). The van der Waals surface area contributed by atoms with Crippen LogP contribution in [0.2, 0.25) is 0 Å². The fourth-order valence-corrected chi connectivity index (χ4v) is 2.26. The van der Waals surface area contributed by atoms with Crippen LogP contribution in [0.1, 0.15) is 57.7 Å². The molecule has 0 aliphatic carbocycles. The van der Waals surface area contributed by atoms with Crippen LogP contribution in [0.15, 0.2) is 6.33 Å². The summed E-state index contributed by atoms with van der Waals surface area (Å²) in [5.74, 6) is 1.44. The third-order valence-electron chi connectivity index (χ3n) is 3.38. The normalized spacial score (nSPS) is 11.2. The van der Waals surface area contributed by atoms with E-state index in [-0.39, 0.29) is 0 Å². The molecule has 0 saturated carbocycles. The highest BCUT2D eigenvalue weighted by atomic mass is 15.0. The summed E-state index contributed by atoms with van der Waals surface area (Å²) in [6, 6.07) is 0. The molecule has 2 heterocycles. The topological polar surface area (TPSA) is 80.5 Å². The number of nitrogen functional groups attached to an aromatic ring is 1. The lowest BCUT2D eigenvalue weighted by molar-refractivity contribution is 0.585. The Balaban J connectivity index is 1.74. The zero-order valence-electron chi connectivity index (χ0n) is 11.7. The second kappa shape index (κ2) is 7.07. The van der Waals surface area contributed by atoms with Crippen molar-refractivity contribution in [1.82, 2.24) is 19.9 Å². The SMILES string of the molecule is CCCCCCCCCc1nc2ncnc(N)c2[nH]1. The third kappa shape index (κ3) is 3.91. The maximum Gasteiger partial charge on any atom is 0.183 e. The van der Waals surface area contributed by atoms with Crippen LogP contribution >= 0.6 is 0 Å². The van der Waals surface area contributed by atoms with E-state index in [1.807, 2.05) is 0 Å². The highest BCUT2D eigenvalue weighted by Gasteiger charge is 2.06. The Kier molecular flexibility index (Phi) is 5.12. The van der Waals surface area contributed by atoms with E-state index >= 15 is 0 Å². The largest absolute Gasteiger partial charge is 0.382 e. The molecule has 0 aromatic carbocycles. The molecule has 0 aliphatic heterocycles. The average Bonchev–Trinajstić information content (AvgIpc) is 2.82. The maximum absolute atomic E-state index is 5.77. The Morgan fingerprint density at radius 2 is 1.79 bits per heavy atom. The minimum Gasteiger partial charge on any atom is -0.382 e. The number of aromatic nitrogens is 4. The minimum atomic E-state index is 0.475. The molecule has 0 aliphatic rings. The molecule has 5 heteroatoms. The van der Waals surface area contributed by atoms with Crippen LogP contribution in [0.3, 0.4) is 0 Å². The Hall–Kier alpha value is -1.65. The van der Waals surface area contributed by atoms with Crippen LogP contribution in [0.4, 0.5) is 5.82 Å². The van der Waals surface area contributed by atoms with Crippen molar-refractivity contribution < 1.29 is 0 Å². The molecule has 0 atom stereocenters. The van der Waals surface area contributed by atoms with Crippen molar-refractivity contribution in [2.24, 2.45) is 0 Å². The number of nitrogens with zero attached hydrogens (tertiary/aromatic N) is 3. The molecule has 2 aromatic heterocycles. The van der Waals surface area contributed by atoms with Crippen molar-refractivity contribution in [1.29, 1.82) is 0 Å². The number of rotatable bonds is 8. The van der Waals surface area contributed by atoms with Gasteiger partial charge in [-0.2, -0.15) is 0 Å². The lowest BCUT2D eigenvalue weighted by atomic mass is 10.1. The summed E-state index contributed by atoms with van der Waals surface area (Å²) >= 11 is 0. The molecule has 0 amide bonds. The number of imidazole rings is 1. The van der Waals surface area contributed by atoms with Crippen molar-refractivity contribution in [2.75, 3.05) is 5.73 Å².